The molecule has 2 rings (SSSR count). The van der Waals surface area contributed by atoms with Crippen molar-refractivity contribution in [1.82, 2.24) is 5.32 Å². The summed E-state index contributed by atoms with van der Waals surface area (Å²) in [4.78, 5) is 11.5. The molecular weight excluding hydrogens is 178 g/mol. The van der Waals surface area contributed by atoms with E-state index in [2.05, 4.69) is 5.32 Å². The number of nitrogens with one attached hydrogen (secondary N) is 1. The largest absolute Gasteiger partial charge is 0.465 e. The normalized spacial score (nSPS) is 24.1. The highest BCUT2D eigenvalue weighted by Gasteiger charge is 2.30. The van der Waals surface area contributed by atoms with Crippen LogP contribution >= 0.6 is 0 Å². The minimum Gasteiger partial charge on any atom is -0.465 e. The summed E-state index contributed by atoms with van der Waals surface area (Å²) in [6, 6.07) is 0. The van der Waals surface area contributed by atoms with Crippen molar-refractivity contribution < 1.29 is 9.53 Å². The van der Waals surface area contributed by atoms with E-state index in [9.17, 15) is 4.79 Å². The van der Waals surface area contributed by atoms with Crippen molar-refractivity contribution in [2.45, 2.75) is 26.2 Å². The minimum atomic E-state index is -0.00264. The van der Waals surface area contributed by atoms with Crippen molar-refractivity contribution in [3.63, 3.8) is 0 Å². The molecule has 1 saturated heterocycles. The molecule has 3 heteroatoms. The van der Waals surface area contributed by atoms with Gasteiger partial charge in [-0.3, -0.25) is 4.79 Å². The summed E-state index contributed by atoms with van der Waals surface area (Å²) in [5, 5.41) is 3.17. The van der Waals surface area contributed by atoms with Crippen LogP contribution in [0.1, 0.15) is 26.2 Å². The minimum absolute atomic E-state index is 0.00264. The fourth-order valence-electron chi connectivity index (χ4n) is 1.72. The van der Waals surface area contributed by atoms with Crippen molar-refractivity contribution in [1.29, 1.82) is 0 Å². The van der Waals surface area contributed by atoms with E-state index in [1.165, 1.54) is 12.8 Å². The first-order valence-electron chi connectivity index (χ1n) is 5.64. The van der Waals surface area contributed by atoms with E-state index in [0.717, 1.165) is 25.4 Å². The Bertz CT molecular complexity index is 209. The zero-order chi connectivity index (χ0) is 9.97. The summed E-state index contributed by atoms with van der Waals surface area (Å²) in [5.41, 5.74) is 0. The summed E-state index contributed by atoms with van der Waals surface area (Å²) in [7, 11) is 0. The van der Waals surface area contributed by atoms with E-state index in [1.807, 2.05) is 6.92 Å². The Morgan fingerprint density at radius 1 is 1.50 bits per heavy atom. The molecule has 1 atom stereocenters. The quantitative estimate of drug-likeness (QED) is 0.673. The molecule has 2 aliphatic rings. The zero-order valence-corrected chi connectivity index (χ0v) is 8.79. The van der Waals surface area contributed by atoms with Crippen LogP contribution in [0.15, 0.2) is 0 Å². The predicted molar refractivity (Wildman–Crippen MR) is 53.8 cm³/mol. The SMILES string of the molecule is CC(C(=O)OCCC1CC1)C1CNC1. The molecular formula is C11H19NO2. The van der Waals surface area contributed by atoms with Crippen LogP contribution < -0.4 is 5.32 Å². The third kappa shape index (κ3) is 2.47. The summed E-state index contributed by atoms with van der Waals surface area (Å²) in [6.07, 6.45) is 3.74. The predicted octanol–water partition coefficient (Wildman–Crippen LogP) is 1.19. The second-order valence-electron chi connectivity index (χ2n) is 4.61. The number of rotatable bonds is 5. The first-order chi connectivity index (χ1) is 6.77. The molecule has 14 heavy (non-hydrogen) atoms. The number of esters is 1. The smallest absolute Gasteiger partial charge is 0.309 e. The maximum absolute atomic E-state index is 11.5. The average Bonchev–Trinajstić information content (AvgIpc) is 2.84. The van der Waals surface area contributed by atoms with Gasteiger partial charge in [0.2, 0.25) is 0 Å². The molecule has 2 fully saturated rings. The van der Waals surface area contributed by atoms with Gasteiger partial charge in [0.15, 0.2) is 0 Å². The molecule has 1 aliphatic carbocycles. The number of carbonyl (C=O) groups is 1. The van der Waals surface area contributed by atoms with Crippen molar-refractivity contribution in [2.75, 3.05) is 19.7 Å². The zero-order valence-electron chi connectivity index (χ0n) is 8.79. The molecule has 0 bridgehead atoms. The molecule has 1 aliphatic heterocycles. The molecule has 3 nitrogen and oxygen atoms in total. The van der Waals surface area contributed by atoms with Crippen LogP contribution in [0.25, 0.3) is 0 Å². The Hall–Kier alpha value is -0.570. The van der Waals surface area contributed by atoms with E-state index >= 15 is 0 Å². The standard InChI is InChI=1S/C11H19NO2/c1-8(10-6-12-7-10)11(13)14-5-4-9-2-3-9/h8-10,12H,2-7H2,1H3. The van der Waals surface area contributed by atoms with Gasteiger partial charge in [-0.15, -0.1) is 0 Å². The lowest BCUT2D eigenvalue weighted by atomic mass is 9.89. The van der Waals surface area contributed by atoms with E-state index in [0.29, 0.717) is 12.5 Å². The van der Waals surface area contributed by atoms with Crippen LogP contribution in [0.5, 0.6) is 0 Å². The van der Waals surface area contributed by atoms with Gasteiger partial charge in [0.05, 0.1) is 12.5 Å². The van der Waals surface area contributed by atoms with Gasteiger partial charge < -0.3 is 10.1 Å². The molecule has 1 heterocycles. The Kier molecular flexibility index (Phi) is 3.06. The van der Waals surface area contributed by atoms with Gasteiger partial charge in [-0.25, -0.2) is 0 Å². The van der Waals surface area contributed by atoms with Crippen LogP contribution in [-0.4, -0.2) is 25.7 Å². The third-order valence-corrected chi connectivity index (χ3v) is 3.36. The Morgan fingerprint density at radius 2 is 2.21 bits per heavy atom. The van der Waals surface area contributed by atoms with E-state index < -0.39 is 0 Å². The number of hydrogen-bond acceptors (Lipinski definition) is 3. The van der Waals surface area contributed by atoms with Crippen molar-refractivity contribution in [2.24, 2.45) is 17.8 Å². The van der Waals surface area contributed by atoms with Crippen LogP contribution in [0.3, 0.4) is 0 Å². The fraction of sp³-hybridized carbons (Fsp3) is 0.909. The number of carbonyl (C=O) groups excluding carboxylic acids is 1. The van der Waals surface area contributed by atoms with Gasteiger partial charge in [-0.05, 0) is 31.3 Å². The molecule has 0 aromatic heterocycles. The average molecular weight is 197 g/mol. The number of hydrogen-bond donors (Lipinski definition) is 1. The topological polar surface area (TPSA) is 38.3 Å². The Balaban J connectivity index is 1.60. The van der Waals surface area contributed by atoms with Gasteiger partial charge in [0, 0.05) is 0 Å². The van der Waals surface area contributed by atoms with Gasteiger partial charge in [-0.1, -0.05) is 19.8 Å². The Labute approximate surface area is 85.2 Å². The van der Waals surface area contributed by atoms with E-state index in [-0.39, 0.29) is 11.9 Å². The molecule has 0 aromatic carbocycles. The molecule has 0 radical (unpaired) electrons. The summed E-state index contributed by atoms with van der Waals surface area (Å²) in [6.45, 7) is 4.55. The lowest BCUT2D eigenvalue weighted by Gasteiger charge is -2.31. The maximum atomic E-state index is 11.5. The number of ether oxygens (including phenoxy) is 1. The van der Waals surface area contributed by atoms with Gasteiger partial charge in [0.1, 0.15) is 0 Å². The highest BCUT2D eigenvalue weighted by molar-refractivity contribution is 5.72. The van der Waals surface area contributed by atoms with Crippen molar-refractivity contribution in [3.8, 4) is 0 Å². The molecule has 0 amide bonds. The van der Waals surface area contributed by atoms with Gasteiger partial charge >= 0.3 is 5.97 Å². The summed E-state index contributed by atoms with van der Waals surface area (Å²) in [5.74, 6) is 1.43. The van der Waals surface area contributed by atoms with Crippen LogP contribution in [0.2, 0.25) is 0 Å². The van der Waals surface area contributed by atoms with Crippen molar-refractivity contribution >= 4 is 5.97 Å². The third-order valence-electron chi connectivity index (χ3n) is 3.36. The maximum Gasteiger partial charge on any atom is 0.309 e. The highest BCUT2D eigenvalue weighted by atomic mass is 16.5. The van der Waals surface area contributed by atoms with Crippen LogP contribution in [-0.2, 0) is 9.53 Å². The molecule has 1 unspecified atom stereocenters. The molecule has 1 N–H and O–H groups in total. The van der Waals surface area contributed by atoms with Gasteiger partial charge in [0.25, 0.3) is 0 Å². The lowest BCUT2D eigenvalue weighted by Crippen LogP contribution is -2.47. The van der Waals surface area contributed by atoms with E-state index in [4.69, 9.17) is 4.74 Å². The summed E-state index contributed by atoms with van der Waals surface area (Å²) >= 11 is 0. The van der Waals surface area contributed by atoms with Crippen LogP contribution in [0.4, 0.5) is 0 Å². The van der Waals surface area contributed by atoms with Crippen LogP contribution in [0, 0.1) is 17.8 Å². The molecule has 80 valence electrons. The second kappa shape index (κ2) is 4.30. The van der Waals surface area contributed by atoms with Crippen molar-refractivity contribution in [3.05, 3.63) is 0 Å². The molecule has 0 aromatic rings. The lowest BCUT2D eigenvalue weighted by molar-refractivity contribution is -0.150. The first-order valence-corrected chi connectivity index (χ1v) is 5.64. The van der Waals surface area contributed by atoms with E-state index in [1.54, 1.807) is 0 Å². The molecule has 1 saturated carbocycles. The highest BCUT2D eigenvalue weighted by Crippen LogP contribution is 2.32. The summed E-state index contributed by atoms with van der Waals surface area (Å²) < 4.78 is 5.24. The first kappa shape index (κ1) is 9.97. The fourth-order valence-corrected chi connectivity index (χ4v) is 1.72. The Morgan fingerprint density at radius 3 is 2.71 bits per heavy atom. The monoisotopic (exact) mass is 197 g/mol. The second-order valence-corrected chi connectivity index (χ2v) is 4.61. The van der Waals surface area contributed by atoms with Gasteiger partial charge in [-0.2, -0.15) is 0 Å². The molecule has 0 spiro atoms.